The first-order valence-corrected chi connectivity index (χ1v) is 9.33. The number of hydrogen-bond acceptors (Lipinski definition) is 5. The average Bonchev–Trinajstić information content (AvgIpc) is 3.04. The Bertz CT molecular complexity index is 419. The Morgan fingerprint density at radius 1 is 1.12 bits per heavy atom. The topological polar surface area (TPSA) is 79.2 Å². The number of nitrogens with zero attached hydrogens (tertiary/aromatic N) is 2. The van der Waals surface area contributed by atoms with Gasteiger partial charge in [0.05, 0.1) is 25.4 Å². The quantitative estimate of drug-likeness (QED) is 0.276. The Balaban J connectivity index is -0.000000720. The van der Waals surface area contributed by atoms with Crippen LogP contribution in [0.2, 0.25) is 0 Å². The van der Waals surface area contributed by atoms with Gasteiger partial charge in [0, 0.05) is 0 Å². The molecule has 0 aromatic rings. The monoisotopic (exact) mass is 388 g/mol. The van der Waals surface area contributed by atoms with Crippen molar-refractivity contribution in [2.24, 2.45) is 10.9 Å². The van der Waals surface area contributed by atoms with Crippen LogP contribution in [0.25, 0.3) is 0 Å². The van der Waals surface area contributed by atoms with Crippen molar-refractivity contribution < 1.29 is 81.5 Å². The van der Waals surface area contributed by atoms with Crippen LogP contribution in [0.4, 0.5) is 0 Å². The third-order valence-electron chi connectivity index (χ3n) is 4.28. The summed E-state index contributed by atoms with van der Waals surface area (Å²) in [7, 11) is 0. The predicted octanol–water partition coefficient (Wildman–Crippen LogP) is -1.97. The van der Waals surface area contributed by atoms with E-state index in [9.17, 15) is 9.59 Å². The minimum Gasteiger partial charge on any atom is -1.00 e. The minimum atomic E-state index is -0.956. The van der Waals surface area contributed by atoms with Gasteiger partial charge in [0.2, 0.25) is 0 Å². The minimum absolute atomic E-state index is 0. The Hall–Kier alpha value is 0.410. The summed E-state index contributed by atoms with van der Waals surface area (Å²) in [5, 5.41) is 10.4. The van der Waals surface area contributed by atoms with Crippen molar-refractivity contribution in [3.63, 3.8) is 0 Å². The van der Waals surface area contributed by atoms with Crippen LogP contribution in [0, 0.1) is 5.92 Å². The number of hydrogen-bond donors (Lipinski definition) is 1. The molecule has 0 fully saturated rings. The molecule has 0 radical (unpaired) electrons. The fraction of sp³-hybridized carbons (Fsp3) is 0.833. The van der Waals surface area contributed by atoms with Gasteiger partial charge in [-0.25, -0.2) is 4.79 Å². The standard InChI is InChI=1S/C18H32N2O4.2Na.2H/c1-2-3-4-5-6-7-8-9-10-11-16(14-17(21)22)18(23)24-20-13-12-19-15-20;;;;/h15-16H,2-14H2,1H3,(H,21,22);;;;/q;2*+1;2*-1. The summed E-state index contributed by atoms with van der Waals surface area (Å²) >= 11 is 0. The number of carbonyl (C=O) groups excluding carboxylic acids is 1. The number of carboxylic acids is 1. The van der Waals surface area contributed by atoms with Gasteiger partial charge in [-0.3, -0.25) is 9.79 Å². The Morgan fingerprint density at radius 3 is 2.19 bits per heavy atom. The molecule has 1 N–H and O–H groups in total. The van der Waals surface area contributed by atoms with E-state index >= 15 is 0 Å². The summed E-state index contributed by atoms with van der Waals surface area (Å²) < 4.78 is 0. The number of rotatable bonds is 14. The van der Waals surface area contributed by atoms with Crippen LogP contribution in [0.1, 0.15) is 80.4 Å². The zero-order valence-corrected chi connectivity index (χ0v) is 20.9. The molecule has 1 aliphatic heterocycles. The molecule has 0 spiro atoms. The van der Waals surface area contributed by atoms with Gasteiger partial charge >= 0.3 is 71.1 Å². The van der Waals surface area contributed by atoms with Crippen molar-refractivity contribution in [3.8, 4) is 0 Å². The fourth-order valence-corrected chi connectivity index (χ4v) is 2.84. The van der Waals surface area contributed by atoms with Gasteiger partial charge in [-0.2, -0.15) is 5.06 Å². The Labute approximate surface area is 205 Å². The van der Waals surface area contributed by atoms with Crippen LogP contribution in [-0.4, -0.2) is 41.5 Å². The molecule has 0 saturated carbocycles. The van der Waals surface area contributed by atoms with E-state index < -0.39 is 17.9 Å². The van der Waals surface area contributed by atoms with Gasteiger partial charge in [0.1, 0.15) is 6.34 Å². The van der Waals surface area contributed by atoms with Crippen LogP contribution in [0.15, 0.2) is 4.99 Å². The molecule has 0 aliphatic carbocycles. The molecule has 0 amide bonds. The van der Waals surface area contributed by atoms with Crippen molar-refractivity contribution in [1.29, 1.82) is 0 Å². The van der Waals surface area contributed by atoms with E-state index in [0.717, 1.165) is 19.3 Å². The Morgan fingerprint density at radius 2 is 1.69 bits per heavy atom. The second-order valence-electron chi connectivity index (χ2n) is 6.48. The summed E-state index contributed by atoms with van der Waals surface area (Å²) in [5.41, 5.74) is 0. The van der Waals surface area contributed by atoms with Crippen LogP contribution < -0.4 is 59.1 Å². The van der Waals surface area contributed by atoms with Crippen LogP contribution in [0.3, 0.4) is 0 Å². The van der Waals surface area contributed by atoms with E-state index in [-0.39, 0.29) is 68.4 Å². The van der Waals surface area contributed by atoms with Gasteiger partial charge < -0.3 is 12.8 Å². The van der Waals surface area contributed by atoms with Crippen molar-refractivity contribution in [1.82, 2.24) is 5.06 Å². The van der Waals surface area contributed by atoms with Crippen LogP contribution >= 0.6 is 0 Å². The number of carbonyl (C=O) groups is 2. The number of carboxylic acid groups (broad SMARTS) is 1. The molecule has 8 heteroatoms. The first-order chi connectivity index (χ1) is 11.6. The predicted molar refractivity (Wildman–Crippen MR) is 96.0 cm³/mol. The molecule has 1 atom stereocenters. The molecule has 0 aromatic carbocycles. The fourth-order valence-electron chi connectivity index (χ4n) is 2.84. The molecule has 0 saturated heterocycles. The maximum absolute atomic E-state index is 12.1. The molecule has 1 aliphatic rings. The molecule has 1 heterocycles. The number of aliphatic imine (C=N–C) groups is 1. The zero-order chi connectivity index (χ0) is 17.6. The van der Waals surface area contributed by atoms with E-state index in [4.69, 9.17) is 9.94 Å². The molecule has 26 heavy (non-hydrogen) atoms. The average molecular weight is 388 g/mol. The number of unbranched alkanes of at least 4 members (excludes halogenated alkanes) is 8. The second kappa shape index (κ2) is 18.8. The molecule has 0 aromatic heterocycles. The summed E-state index contributed by atoms with van der Waals surface area (Å²) in [6.45, 7) is 3.37. The van der Waals surface area contributed by atoms with Gasteiger partial charge in [-0.15, -0.1) is 0 Å². The SMILES string of the molecule is CCCCCCCCCCCC(CC(=O)O)C(=O)ON1C=NCC1.[H-].[H-].[Na+].[Na+]. The molecule has 6 nitrogen and oxygen atoms in total. The molecule has 0 bridgehead atoms. The first-order valence-electron chi connectivity index (χ1n) is 9.33. The summed E-state index contributed by atoms with van der Waals surface area (Å²) in [4.78, 5) is 32.2. The number of aliphatic carboxylic acids is 1. The largest absolute Gasteiger partial charge is 1.00 e. The van der Waals surface area contributed by atoms with Gasteiger partial charge in [-0.1, -0.05) is 64.7 Å². The maximum atomic E-state index is 12.1. The van der Waals surface area contributed by atoms with Crippen molar-refractivity contribution >= 4 is 18.3 Å². The Kier molecular flexibility index (Phi) is 20.6. The van der Waals surface area contributed by atoms with E-state index in [0.29, 0.717) is 19.5 Å². The van der Waals surface area contributed by atoms with Crippen LogP contribution in [0.5, 0.6) is 0 Å². The molecular weight excluding hydrogens is 354 g/mol. The molecule has 1 unspecified atom stereocenters. The zero-order valence-electron chi connectivity index (χ0n) is 18.9. The summed E-state index contributed by atoms with van der Waals surface area (Å²) in [6, 6.07) is 0. The van der Waals surface area contributed by atoms with Crippen molar-refractivity contribution in [3.05, 3.63) is 0 Å². The summed E-state index contributed by atoms with van der Waals surface area (Å²) in [6.07, 6.45) is 12.7. The van der Waals surface area contributed by atoms with E-state index in [1.165, 1.54) is 49.9 Å². The maximum Gasteiger partial charge on any atom is 1.00 e. The third kappa shape index (κ3) is 14.5. The van der Waals surface area contributed by atoms with Crippen LogP contribution in [-0.2, 0) is 14.4 Å². The van der Waals surface area contributed by atoms with E-state index in [1.807, 2.05) is 0 Å². The smallest absolute Gasteiger partial charge is 1.00 e. The van der Waals surface area contributed by atoms with Gasteiger partial charge in [0.15, 0.2) is 0 Å². The summed E-state index contributed by atoms with van der Waals surface area (Å²) in [5.74, 6) is -1.98. The number of hydroxylamine groups is 2. The van der Waals surface area contributed by atoms with Gasteiger partial charge in [-0.05, 0) is 6.42 Å². The molecule has 1 rings (SSSR count). The normalized spacial score (nSPS) is 13.7. The third-order valence-corrected chi connectivity index (χ3v) is 4.28. The van der Waals surface area contributed by atoms with Gasteiger partial charge in [0.25, 0.3) is 0 Å². The van der Waals surface area contributed by atoms with Crippen molar-refractivity contribution in [2.45, 2.75) is 77.6 Å². The first kappa shape index (κ1) is 28.6. The molecular formula is C18H34N2Na2O4. The van der Waals surface area contributed by atoms with E-state index in [1.54, 1.807) is 0 Å². The second-order valence-corrected chi connectivity index (χ2v) is 6.48. The van der Waals surface area contributed by atoms with Crippen molar-refractivity contribution in [2.75, 3.05) is 13.1 Å². The molecule has 142 valence electrons. The van der Waals surface area contributed by atoms with E-state index in [2.05, 4.69) is 11.9 Å².